The van der Waals surface area contributed by atoms with Crippen LogP contribution in [0.1, 0.15) is 10.4 Å². The number of nitrogens with zero attached hydrogens (tertiary/aromatic N) is 1. The monoisotopic (exact) mass is 314 g/mol. The number of nitrogens with one attached hydrogen (secondary N) is 1. The minimum atomic E-state index is -1.28. The number of para-hydroxylation sites is 1. The lowest BCUT2D eigenvalue weighted by molar-refractivity contribution is 0.0692. The normalized spacial score (nSPS) is 10.6. The number of carboxylic acid groups (broad SMARTS) is 1. The van der Waals surface area contributed by atoms with Crippen molar-refractivity contribution in [3.63, 3.8) is 0 Å². The molecule has 110 valence electrons. The van der Waals surface area contributed by atoms with Gasteiger partial charge in [-0.15, -0.1) is 0 Å². The first-order valence-corrected chi connectivity index (χ1v) is 7.26. The lowest BCUT2D eigenvalue weighted by Crippen LogP contribution is -2.00. The SMILES string of the molecule is O=C(O)c1ccc(NSc2cccc3cccnc23)cc1F. The highest BCUT2D eigenvalue weighted by atomic mass is 32.2. The van der Waals surface area contributed by atoms with Gasteiger partial charge in [-0.25, -0.2) is 9.18 Å². The summed E-state index contributed by atoms with van der Waals surface area (Å²) in [6, 6.07) is 13.6. The molecule has 0 saturated heterocycles. The Morgan fingerprint density at radius 1 is 1.18 bits per heavy atom. The zero-order valence-corrected chi connectivity index (χ0v) is 12.1. The van der Waals surface area contributed by atoms with Gasteiger partial charge in [0.25, 0.3) is 0 Å². The minimum Gasteiger partial charge on any atom is -0.478 e. The zero-order valence-electron chi connectivity index (χ0n) is 11.3. The van der Waals surface area contributed by atoms with E-state index >= 15 is 0 Å². The Kier molecular flexibility index (Phi) is 3.93. The summed E-state index contributed by atoms with van der Waals surface area (Å²) in [5, 5.41) is 9.82. The van der Waals surface area contributed by atoms with Gasteiger partial charge in [-0.05, 0) is 42.3 Å². The lowest BCUT2D eigenvalue weighted by Gasteiger charge is -2.08. The van der Waals surface area contributed by atoms with E-state index in [1.165, 1.54) is 24.1 Å². The lowest BCUT2D eigenvalue weighted by atomic mass is 10.2. The number of aromatic carboxylic acids is 1. The van der Waals surface area contributed by atoms with Gasteiger partial charge in [0.2, 0.25) is 0 Å². The van der Waals surface area contributed by atoms with Crippen LogP contribution in [0, 0.1) is 5.82 Å². The van der Waals surface area contributed by atoms with Crippen LogP contribution in [0.25, 0.3) is 10.9 Å². The molecule has 0 bridgehead atoms. The van der Waals surface area contributed by atoms with Crippen LogP contribution in [0.5, 0.6) is 0 Å². The van der Waals surface area contributed by atoms with E-state index in [2.05, 4.69) is 9.71 Å². The molecule has 0 radical (unpaired) electrons. The number of hydrogen-bond donors (Lipinski definition) is 2. The van der Waals surface area contributed by atoms with Crippen molar-refractivity contribution in [2.24, 2.45) is 0 Å². The summed E-state index contributed by atoms with van der Waals surface area (Å²) in [5.41, 5.74) is 0.993. The number of carbonyl (C=O) groups is 1. The smallest absolute Gasteiger partial charge is 0.338 e. The van der Waals surface area contributed by atoms with Gasteiger partial charge in [0, 0.05) is 17.3 Å². The molecule has 0 spiro atoms. The number of hydrogen-bond acceptors (Lipinski definition) is 4. The van der Waals surface area contributed by atoms with Crippen molar-refractivity contribution in [3.05, 3.63) is 66.1 Å². The molecule has 0 fully saturated rings. The number of aromatic nitrogens is 1. The highest BCUT2D eigenvalue weighted by molar-refractivity contribution is 8.00. The van der Waals surface area contributed by atoms with Crippen molar-refractivity contribution in [1.82, 2.24) is 4.98 Å². The van der Waals surface area contributed by atoms with Crippen LogP contribution in [0.4, 0.5) is 10.1 Å². The highest BCUT2D eigenvalue weighted by Crippen LogP contribution is 2.27. The summed E-state index contributed by atoms with van der Waals surface area (Å²) in [7, 11) is 0. The molecular formula is C16H11FN2O2S. The number of benzene rings is 2. The molecule has 2 aromatic carbocycles. The van der Waals surface area contributed by atoms with Crippen molar-refractivity contribution in [2.75, 3.05) is 4.72 Å². The molecular weight excluding hydrogens is 303 g/mol. The van der Waals surface area contributed by atoms with E-state index in [0.717, 1.165) is 21.9 Å². The Labute approximate surface area is 130 Å². The third-order valence-electron chi connectivity index (χ3n) is 3.07. The summed E-state index contributed by atoms with van der Waals surface area (Å²) in [6.45, 7) is 0. The second-order valence-corrected chi connectivity index (χ2v) is 5.38. The van der Waals surface area contributed by atoms with Crippen LogP contribution in [0.3, 0.4) is 0 Å². The third-order valence-corrected chi connectivity index (χ3v) is 3.96. The molecule has 22 heavy (non-hydrogen) atoms. The maximum absolute atomic E-state index is 13.6. The fourth-order valence-corrected chi connectivity index (χ4v) is 2.79. The number of carboxylic acids is 1. The number of pyridine rings is 1. The minimum absolute atomic E-state index is 0.345. The van der Waals surface area contributed by atoms with Crippen molar-refractivity contribution in [2.45, 2.75) is 4.90 Å². The van der Waals surface area contributed by atoms with Crippen LogP contribution in [-0.2, 0) is 0 Å². The Morgan fingerprint density at radius 2 is 2.00 bits per heavy atom. The van der Waals surface area contributed by atoms with E-state index in [9.17, 15) is 9.18 Å². The van der Waals surface area contributed by atoms with E-state index in [1.807, 2.05) is 30.3 Å². The average Bonchev–Trinajstić information content (AvgIpc) is 2.52. The van der Waals surface area contributed by atoms with Gasteiger partial charge in [-0.1, -0.05) is 18.2 Å². The summed E-state index contributed by atoms with van der Waals surface area (Å²) in [6.07, 6.45) is 1.72. The van der Waals surface area contributed by atoms with Crippen molar-refractivity contribution < 1.29 is 14.3 Å². The second kappa shape index (κ2) is 6.03. The average molecular weight is 314 g/mol. The molecule has 2 N–H and O–H groups in total. The molecule has 0 aliphatic heterocycles. The van der Waals surface area contributed by atoms with Gasteiger partial charge in [-0.3, -0.25) is 4.98 Å². The van der Waals surface area contributed by atoms with Crippen molar-refractivity contribution >= 4 is 34.5 Å². The largest absolute Gasteiger partial charge is 0.478 e. The molecule has 3 aromatic rings. The number of anilines is 1. The van der Waals surface area contributed by atoms with Gasteiger partial charge < -0.3 is 9.83 Å². The summed E-state index contributed by atoms with van der Waals surface area (Å²) in [5.74, 6) is -2.05. The van der Waals surface area contributed by atoms with E-state index < -0.39 is 11.8 Å². The van der Waals surface area contributed by atoms with E-state index in [-0.39, 0.29) is 5.56 Å². The predicted octanol–water partition coefficient (Wildman–Crippen LogP) is 4.19. The zero-order chi connectivity index (χ0) is 15.5. The molecule has 1 aromatic heterocycles. The first-order valence-electron chi connectivity index (χ1n) is 6.44. The van der Waals surface area contributed by atoms with Crippen LogP contribution < -0.4 is 4.72 Å². The molecule has 6 heteroatoms. The number of halogens is 1. The Hall–Kier alpha value is -2.60. The number of rotatable bonds is 4. The topological polar surface area (TPSA) is 62.2 Å². The quantitative estimate of drug-likeness (QED) is 0.707. The Bertz CT molecular complexity index is 849. The maximum atomic E-state index is 13.6. The summed E-state index contributed by atoms with van der Waals surface area (Å²) in [4.78, 5) is 16.0. The molecule has 0 saturated carbocycles. The Balaban J connectivity index is 1.82. The first kappa shape index (κ1) is 14.3. The number of fused-ring (bicyclic) bond motifs is 1. The molecule has 0 aliphatic rings. The van der Waals surface area contributed by atoms with Crippen molar-refractivity contribution in [1.29, 1.82) is 0 Å². The van der Waals surface area contributed by atoms with Crippen LogP contribution in [-0.4, -0.2) is 16.1 Å². The third kappa shape index (κ3) is 2.87. The van der Waals surface area contributed by atoms with E-state index in [4.69, 9.17) is 5.11 Å². The van der Waals surface area contributed by atoms with Crippen LogP contribution >= 0.6 is 11.9 Å². The molecule has 4 nitrogen and oxygen atoms in total. The fourth-order valence-electron chi connectivity index (χ4n) is 2.02. The first-order chi connectivity index (χ1) is 10.6. The highest BCUT2D eigenvalue weighted by Gasteiger charge is 2.10. The summed E-state index contributed by atoms with van der Waals surface area (Å²) >= 11 is 1.30. The predicted molar refractivity (Wildman–Crippen MR) is 84.6 cm³/mol. The van der Waals surface area contributed by atoms with Gasteiger partial charge >= 0.3 is 5.97 Å². The molecule has 0 unspecified atom stereocenters. The summed E-state index contributed by atoms with van der Waals surface area (Å²) < 4.78 is 16.6. The molecule has 0 atom stereocenters. The Morgan fingerprint density at radius 3 is 2.77 bits per heavy atom. The molecule has 0 amide bonds. The molecule has 3 rings (SSSR count). The van der Waals surface area contributed by atoms with E-state index in [1.54, 1.807) is 6.20 Å². The maximum Gasteiger partial charge on any atom is 0.338 e. The molecule has 1 heterocycles. The van der Waals surface area contributed by atoms with Crippen molar-refractivity contribution in [3.8, 4) is 0 Å². The van der Waals surface area contributed by atoms with Crippen LogP contribution in [0.2, 0.25) is 0 Å². The van der Waals surface area contributed by atoms with E-state index in [0.29, 0.717) is 5.69 Å². The van der Waals surface area contributed by atoms with Crippen LogP contribution in [0.15, 0.2) is 59.6 Å². The standard InChI is InChI=1S/C16H11FN2O2S/c17-13-9-11(6-7-12(13)16(20)21)19-22-14-5-1-3-10-4-2-8-18-15(10)14/h1-9,19H,(H,20,21). The van der Waals surface area contributed by atoms with Gasteiger partial charge in [0.1, 0.15) is 5.82 Å². The fraction of sp³-hybridized carbons (Fsp3) is 0. The van der Waals surface area contributed by atoms with Gasteiger partial charge in [0.05, 0.1) is 16.0 Å². The molecule has 0 aliphatic carbocycles. The second-order valence-electron chi connectivity index (χ2n) is 4.54. The van der Waals surface area contributed by atoms with Gasteiger partial charge in [0.15, 0.2) is 0 Å². The van der Waals surface area contributed by atoms with Gasteiger partial charge in [-0.2, -0.15) is 0 Å².